The lowest BCUT2D eigenvalue weighted by molar-refractivity contribution is 0.0203. The van der Waals surface area contributed by atoms with E-state index in [-0.39, 0.29) is 24.0 Å². The molecule has 2 N–H and O–H groups in total. The first-order chi connectivity index (χ1) is 12.1. The number of nitrogens with zero attached hydrogens (tertiary/aromatic N) is 3. The molecule has 8 heteroatoms. The van der Waals surface area contributed by atoms with Gasteiger partial charge in [0.1, 0.15) is 0 Å². The highest BCUT2D eigenvalue weighted by Gasteiger charge is 2.13. The summed E-state index contributed by atoms with van der Waals surface area (Å²) in [5, 5.41) is 11.1. The Labute approximate surface area is 174 Å². The molecule has 2 rings (SSSR count). The number of aliphatic imine (C=N–C) groups is 1. The van der Waals surface area contributed by atoms with E-state index in [0.717, 1.165) is 70.4 Å². The van der Waals surface area contributed by atoms with Gasteiger partial charge in [0.25, 0.3) is 0 Å². The third kappa shape index (κ3) is 7.40. The van der Waals surface area contributed by atoms with Gasteiger partial charge in [-0.25, -0.2) is 0 Å². The molecule has 0 atom stereocenters. The van der Waals surface area contributed by atoms with Gasteiger partial charge in [-0.1, -0.05) is 0 Å². The summed E-state index contributed by atoms with van der Waals surface area (Å²) in [7, 11) is 3.76. The number of hydrogen-bond donors (Lipinski definition) is 2. The molecular formula is C18H34IN5O2. The van der Waals surface area contributed by atoms with Crippen LogP contribution in [0.25, 0.3) is 0 Å². The predicted octanol–water partition coefficient (Wildman–Crippen LogP) is 2.15. The molecule has 150 valence electrons. The minimum atomic E-state index is 0. The topological polar surface area (TPSA) is 72.7 Å². The molecule has 1 aromatic rings. The fraction of sp³-hybridized carbons (Fsp3) is 0.778. The maximum atomic E-state index is 5.79. The zero-order chi connectivity index (χ0) is 18.1. The highest BCUT2D eigenvalue weighted by molar-refractivity contribution is 14.0. The van der Waals surface area contributed by atoms with Gasteiger partial charge in [0.15, 0.2) is 5.96 Å². The molecular weight excluding hydrogens is 445 g/mol. The number of aryl methyl sites for hydroxylation is 2. The molecule has 0 saturated carbocycles. The van der Waals surface area contributed by atoms with Crippen LogP contribution in [0.1, 0.15) is 36.2 Å². The van der Waals surface area contributed by atoms with Crippen molar-refractivity contribution in [3.63, 3.8) is 0 Å². The standard InChI is InChI=1S/C18H33N5O2.HI/c1-14-17(15(2)23(4)22-14)12-21-18(19-3)20-8-5-9-25-13-16-6-10-24-11-7-16;/h16H,5-13H2,1-4H3,(H2,19,20,21);1H. The van der Waals surface area contributed by atoms with Crippen molar-refractivity contribution in [3.05, 3.63) is 17.0 Å². The average Bonchev–Trinajstić information content (AvgIpc) is 2.87. The fourth-order valence-corrected chi connectivity index (χ4v) is 3.01. The summed E-state index contributed by atoms with van der Waals surface area (Å²) in [6.45, 7) is 9.10. The van der Waals surface area contributed by atoms with E-state index >= 15 is 0 Å². The lowest BCUT2D eigenvalue weighted by atomic mass is 10.0. The van der Waals surface area contributed by atoms with Crippen LogP contribution < -0.4 is 10.6 Å². The summed E-state index contributed by atoms with van der Waals surface area (Å²) in [6.07, 6.45) is 3.22. The summed E-state index contributed by atoms with van der Waals surface area (Å²) >= 11 is 0. The van der Waals surface area contributed by atoms with E-state index in [9.17, 15) is 0 Å². The van der Waals surface area contributed by atoms with Crippen LogP contribution >= 0.6 is 24.0 Å². The maximum Gasteiger partial charge on any atom is 0.191 e. The maximum absolute atomic E-state index is 5.79. The van der Waals surface area contributed by atoms with Crippen molar-refractivity contribution in [2.75, 3.05) is 40.0 Å². The second-order valence-corrected chi connectivity index (χ2v) is 6.61. The molecule has 1 aliphatic heterocycles. The molecule has 0 bridgehead atoms. The molecule has 0 unspecified atom stereocenters. The van der Waals surface area contributed by atoms with Crippen LogP contribution in [-0.4, -0.2) is 55.8 Å². The number of aromatic nitrogens is 2. The number of rotatable bonds is 8. The third-order valence-electron chi connectivity index (χ3n) is 4.77. The second kappa shape index (κ2) is 12.5. The van der Waals surface area contributed by atoms with Gasteiger partial charge >= 0.3 is 0 Å². The molecule has 7 nitrogen and oxygen atoms in total. The normalized spacial score (nSPS) is 15.6. The van der Waals surface area contributed by atoms with E-state index in [1.165, 1.54) is 11.3 Å². The first kappa shape index (κ1) is 23.2. The molecule has 1 saturated heterocycles. The Hall–Kier alpha value is -0.870. The quantitative estimate of drug-likeness (QED) is 0.259. The summed E-state index contributed by atoms with van der Waals surface area (Å²) in [5.41, 5.74) is 3.47. The Morgan fingerprint density at radius 3 is 2.65 bits per heavy atom. The fourth-order valence-electron chi connectivity index (χ4n) is 3.01. The smallest absolute Gasteiger partial charge is 0.191 e. The van der Waals surface area contributed by atoms with Crippen molar-refractivity contribution in [2.45, 2.75) is 39.7 Å². The number of nitrogens with one attached hydrogen (secondary N) is 2. The second-order valence-electron chi connectivity index (χ2n) is 6.61. The van der Waals surface area contributed by atoms with E-state index in [4.69, 9.17) is 9.47 Å². The molecule has 0 spiro atoms. The largest absolute Gasteiger partial charge is 0.381 e. The summed E-state index contributed by atoms with van der Waals surface area (Å²) in [4.78, 5) is 4.27. The van der Waals surface area contributed by atoms with Gasteiger partial charge in [0.05, 0.1) is 5.69 Å². The Kier molecular flexibility index (Phi) is 11.1. The Bertz CT molecular complexity index is 556. The molecule has 0 amide bonds. The number of ether oxygens (including phenoxy) is 2. The first-order valence-corrected chi connectivity index (χ1v) is 9.21. The molecule has 2 heterocycles. The van der Waals surface area contributed by atoms with Gasteiger partial charge in [-0.15, -0.1) is 24.0 Å². The van der Waals surface area contributed by atoms with Crippen LogP contribution in [0.3, 0.4) is 0 Å². The zero-order valence-electron chi connectivity index (χ0n) is 16.5. The monoisotopic (exact) mass is 479 g/mol. The zero-order valence-corrected chi connectivity index (χ0v) is 18.8. The average molecular weight is 479 g/mol. The van der Waals surface area contributed by atoms with Crippen molar-refractivity contribution in [3.8, 4) is 0 Å². The Balaban J connectivity index is 0.00000338. The van der Waals surface area contributed by atoms with Crippen LogP contribution in [0.15, 0.2) is 4.99 Å². The summed E-state index contributed by atoms with van der Waals surface area (Å²) in [6, 6.07) is 0. The molecule has 0 aliphatic carbocycles. The van der Waals surface area contributed by atoms with Crippen LogP contribution in [0.2, 0.25) is 0 Å². The van der Waals surface area contributed by atoms with Crippen molar-refractivity contribution in [1.29, 1.82) is 0 Å². The van der Waals surface area contributed by atoms with Gasteiger partial charge < -0.3 is 20.1 Å². The van der Waals surface area contributed by atoms with Crippen LogP contribution in [0.5, 0.6) is 0 Å². The predicted molar refractivity (Wildman–Crippen MR) is 115 cm³/mol. The van der Waals surface area contributed by atoms with E-state index in [0.29, 0.717) is 5.92 Å². The van der Waals surface area contributed by atoms with Gasteiger partial charge in [-0.05, 0) is 39.0 Å². The van der Waals surface area contributed by atoms with E-state index in [1.54, 1.807) is 7.05 Å². The Morgan fingerprint density at radius 2 is 2.04 bits per heavy atom. The number of guanidine groups is 1. The van der Waals surface area contributed by atoms with E-state index in [2.05, 4.69) is 27.6 Å². The summed E-state index contributed by atoms with van der Waals surface area (Å²) < 4.78 is 13.1. The van der Waals surface area contributed by atoms with Gasteiger partial charge in [0, 0.05) is 64.9 Å². The molecule has 0 aromatic carbocycles. The highest BCUT2D eigenvalue weighted by atomic mass is 127. The molecule has 1 fully saturated rings. The lowest BCUT2D eigenvalue weighted by Gasteiger charge is -2.21. The Morgan fingerprint density at radius 1 is 1.31 bits per heavy atom. The van der Waals surface area contributed by atoms with Crippen LogP contribution in [-0.2, 0) is 23.1 Å². The highest BCUT2D eigenvalue weighted by Crippen LogP contribution is 2.14. The van der Waals surface area contributed by atoms with Crippen LogP contribution in [0.4, 0.5) is 0 Å². The number of halogens is 1. The van der Waals surface area contributed by atoms with Crippen LogP contribution in [0, 0.1) is 19.8 Å². The van der Waals surface area contributed by atoms with E-state index in [1.807, 2.05) is 18.7 Å². The van der Waals surface area contributed by atoms with Crippen molar-refractivity contribution in [1.82, 2.24) is 20.4 Å². The first-order valence-electron chi connectivity index (χ1n) is 9.21. The third-order valence-corrected chi connectivity index (χ3v) is 4.77. The van der Waals surface area contributed by atoms with Crippen molar-refractivity contribution >= 4 is 29.9 Å². The van der Waals surface area contributed by atoms with Gasteiger partial charge in [0.2, 0.25) is 0 Å². The molecule has 1 aromatic heterocycles. The molecule has 26 heavy (non-hydrogen) atoms. The SMILES string of the molecule is CN=C(NCCCOCC1CCOCC1)NCc1c(C)nn(C)c1C.I. The minimum absolute atomic E-state index is 0. The van der Waals surface area contributed by atoms with E-state index < -0.39 is 0 Å². The van der Waals surface area contributed by atoms with Gasteiger partial charge in [-0.2, -0.15) is 5.10 Å². The van der Waals surface area contributed by atoms with Crippen molar-refractivity contribution < 1.29 is 9.47 Å². The number of hydrogen-bond acceptors (Lipinski definition) is 4. The molecule has 1 aliphatic rings. The van der Waals surface area contributed by atoms with Gasteiger partial charge in [-0.3, -0.25) is 9.67 Å². The minimum Gasteiger partial charge on any atom is -0.381 e. The molecule has 0 radical (unpaired) electrons. The lowest BCUT2D eigenvalue weighted by Crippen LogP contribution is -2.37. The summed E-state index contributed by atoms with van der Waals surface area (Å²) in [5.74, 6) is 1.48. The van der Waals surface area contributed by atoms with Crippen molar-refractivity contribution in [2.24, 2.45) is 18.0 Å².